The second-order valence-electron chi connectivity index (χ2n) is 4.68. The third-order valence-corrected chi connectivity index (χ3v) is 4.30. The van der Waals surface area contributed by atoms with E-state index in [4.69, 9.17) is 9.47 Å². The van der Waals surface area contributed by atoms with E-state index >= 15 is 0 Å². The lowest BCUT2D eigenvalue weighted by Gasteiger charge is -2.05. The molecule has 0 fully saturated rings. The van der Waals surface area contributed by atoms with Crippen LogP contribution in [-0.4, -0.2) is 34.9 Å². The van der Waals surface area contributed by atoms with Crippen LogP contribution >= 0.6 is 11.3 Å². The molecule has 0 atom stereocenters. The molecule has 0 bridgehead atoms. The zero-order valence-electron chi connectivity index (χ0n) is 13.0. The Kier molecular flexibility index (Phi) is 4.16. The van der Waals surface area contributed by atoms with E-state index in [0.29, 0.717) is 28.9 Å². The number of amides is 1. The Bertz CT molecular complexity index is 815. The summed E-state index contributed by atoms with van der Waals surface area (Å²) in [6.45, 7) is 2.56. The average Bonchev–Trinajstić information content (AvgIpc) is 3.18. The predicted molar refractivity (Wildman–Crippen MR) is 88.6 cm³/mol. The summed E-state index contributed by atoms with van der Waals surface area (Å²) in [7, 11) is 3.16. The van der Waals surface area contributed by atoms with Crippen molar-refractivity contribution in [3.63, 3.8) is 0 Å². The lowest BCUT2D eigenvalue weighted by molar-refractivity contribution is 0.101. The fourth-order valence-electron chi connectivity index (χ4n) is 2.25. The van der Waals surface area contributed by atoms with Gasteiger partial charge in [0.25, 0.3) is 5.91 Å². The average molecular weight is 332 g/mol. The Hall–Kier alpha value is -2.61. The minimum atomic E-state index is -0.234. The largest absolute Gasteiger partial charge is 0.493 e. The molecule has 23 heavy (non-hydrogen) atoms. The fourth-order valence-corrected chi connectivity index (χ4v) is 3.12. The first kappa shape index (κ1) is 15.3. The number of benzene rings is 1. The zero-order valence-corrected chi connectivity index (χ0v) is 13.8. The number of hydrogen-bond acceptors (Lipinski definition) is 6. The predicted octanol–water partition coefficient (Wildman–Crippen LogP) is 2.78. The minimum absolute atomic E-state index is 0.234. The number of carbonyl (C=O) groups is 1. The second-order valence-corrected chi connectivity index (χ2v) is 5.71. The fraction of sp³-hybridized carbons (Fsp3) is 0.267. The van der Waals surface area contributed by atoms with Gasteiger partial charge >= 0.3 is 0 Å². The van der Waals surface area contributed by atoms with Crippen LogP contribution in [0.4, 0.5) is 5.13 Å². The number of nitrogens with one attached hydrogen (secondary N) is 1. The highest BCUT2D eigenvalue weighted by Crippen LogP contribution is 2.36. The van der Waals surface area contributed by atoms with Crippen molar-refractivity contribution in [1.82, 2.24) is 14.8 Å². The van der Waals surface area contributed by atoms with Gasteiger partial charge in [0, 0.05) is 24.9 Å². The molecule has 120 valence electrons. The molecule has 0 spiro atoms. The molecule has 8 heteroatoms. The van der Waals surface area contributed by atoms with Gasteiger partial charge in [0.15, 0.2) is 16.6 Å². The Morgan fingerprint density at radius 1 is 1.30 bits per heavy atom. The molecule has 2 aromatic heterocycles. The van der Waals surface area contributed by atoms with Crippen LogP contribution in [0.25, 0.3) is 10.2 Å². The van der Waals surface area contributed by atoms with E-state index in [1.54, 1.807) is 37.2 Å². The van der Waals surface area contributed by atoms with E-state index in [9.17, 15) is 4.79 Å². The monoisotopic (exact) mass is 332 g/mol. The maximum atomic E-state index is 12.3. The van der Waals surface area contributed by atoms with E-state index in [0.717, 1.165) is 10.2 Å². The van der Waals surface area contributed by atoms with Crippen molar-refractivity contribution < 1.29 is 14.3 Å². The van der Waals surface area contributed by atoms with Gasteiger partial charge in [-0.15, -0.1) is 0 Å². The van der Waals surface area contributed by atoms with Gasteiger partial charge in [-0.3, -0.25) is 14.8 Å². The number of carbonyl (C=O) groups excluding carboxylic acids is 1. The molecule has 3 aromatic rings. The van der Waals surface area contributed by atoms with E-state index in [-0.39, 0.29) is 5.91 Å². The number of rotatable bonds is 5. The number of fused-ring (bicyclic) bond motifs is 1. The van der Waals surface area contributed by atoms with Crippen molar-refractivity contribution in [3.8, 4) is 11.5 Å². The summed E-state index contributed by atoms with van der Waals surface area (Å²) in [4.78, 5) is 16.7. The first-order valence-electron chi connectivity index (χ1n) is 7.02. The molecule has 1 aromatic carbocycles. The molecular weight excluding hydrogens is 316 g/mol. The van der Waals surface area contributed by atoms with Crippen LogP contribution in [0, 0.1) is 0 Å². The highest BCUT2D eigenvalue weighted by Gasteiger charge is 2.15. The molecule has 7 nitrogen and oxygen atoms in total. The van der Waals surface area contributed by atoms with E-state index in [1.807, 2.05) is 13.0 Å². The van der Waals surface area contributed by atoms with Gasteiger partial charge in [0.05, 0.1) is 24.4 Å². The van der Waals surface area contributed by atoms with Crippen molar-refractivity contribution in [3.05, 3.63) is 30.1 Å². The number of aryl methyl sites for hydroxylation is 1. The number of ether oxygens (including phenoxy) is 2. The molecule has 0 radical (unpaired) electrons. The summed E-state index contributed by atoms with van der Waals surface area (Å²) >= 11 is 1.38. The summed E-state index contributed by atoms with van der Waals surface area (Å²) in [5.41, 5.74) is 1.24. The number of hydrogen-bond donors (Lipinski definition) is 1. The first-order valence-corrected chi connectivity index (χ1v) is 7.83. The van der Waals surface area contributed by atoms with Gasteiger partial charge in [-0.2, -0.15) is 5.10 Å². The first-order chi connectivity index (χ1) is 11.2. The third kappa shape index (κ3) is 2.85. The molecule has 0 aliphatic heterocycles. The van der Waals surface area contributed by atoms with Crippen LogP contribution in [0.2, 0.25) is 0 Å². The van der Waals surface area contributed by atoms with Crippen molar-refractivity contribution in [2.45, 2.75) is 13.5 Å². The van der Waals surface area contributed by atoms with E-state index in [2.05, 4.69) is 15.4 Å². The van der Waals surface area contributed by atoms with Gasteiger partial charge in [-0.1, -0.05) is 11.3 Å². The van der Waals surface area contributed by atoms with Crippen LogP contribution in [-0.2, 0) is 6.54 Å². The Morgan fingerprint density at radius 2 is 2.04 bits per heavy atom. The molecular formula is C15H16N4O3S. The lowest BCUT2D eigenvalue weighted by Crippen LogP contribution is -2.17. The summed E-state index contributed by atoms with van der Waals surface area (Å²) in [5.74, 6) is 1.00. The molecule has 2 heterocycles. The van der Waals surface area contributed by atoms with Gasteiger partial charge in [-0.25, -0.2) is 4.98 Å². The van der Waals surface area contributed by atoms with Gasteiger partial charge in [0.1, 0.15) is 5.69 Å². The maximum Gasteiger partial charge on any atom is 0.275 e. The SMILES string of the molecule is CCn1nccc1C(=O)Nc1nc2cc(OC)c(OC)cc2s1. The molecule has 3 rings (SSSR count). The van der Waals surface area contributed by atoms with Gasteiger partial charge in [0.2, 0.25) is 0 Å². The highest BCUT2D eigenvalue weighted by atomic mass is 32.1. The number of methoxy groups -OCH3 is 2. The summed E-state index contributed by atoms with van der Waals surface area (Å²) in [6.07, 6.45) is 1.60. The highest BCUT2D eigenvalue weighted by molar-refractivity contribution is 7.22. The number of aromatic nitrogens is 3. The Balaban J connectivity index is 1.90. The third-order valence-electron chi connectivity index (χ3n) is 3.36. The van der Waals surface area contributed by atoms with Crippen LogP contribution < -0.4 is 14.8 Å². The Labute approximate surface area is 136 Å². The molecule has 0 aliphatic rings. The molecule has 0 unspecified atom stereocenters. The lowest BCUT2D eigenvalue weighted by atomic mass is 10.3. The molecule has 1 amide bonds. The number of anilines is 1. The summed E-state index contributed by atoms with van der Waals surface area (Å²) in [6, 6.07) is 5.31. The van der Waals surface area contributed by atoms with Crippen molar-refractivity contribution in [2.24, 2.45) is 0 Å². The summed E-state index contributed by atoms with van der Waals surface area (Å²) in [5, 5.41) is 7.42. The summed E-state index contributed by atoms with van der Waals surface area (Å²) < 4.78 is 13.1. The van der Waals surface area contributed by atoms with Gasteiger partial charge in [-0.05, 0) is 13.0 Å². The molecule has 1 N–H and O–H groups in total. The number of nitrogens with zero attached hydrogens (tertiary/aromatic N) is 3. The smallest absolute Gasteiger partial charge is 0.275 e. The van der Waals surface area contributed by atoms with Crippen LogP contribution in [0.15, 0.2) is 24.4 Å². The topological polar surface area (TPSA) is 78.3 Å². The number of thiazole rings is 1. The molecule has 0 saturated heterocycles. The van der Waals surface area contributed by atoms with Crippen molar-refractivity contribution in [1.29, 1.82) is 0 Å². The molecule has 0 aliphatic carbocycles. The second kappa shape index (κ2) is 6.25. The maximum absolute atomic E-state index is 12.3. The van der Waals surface area contributed by atoms with Gasteiger partial charge < -0.3 is 9.47 Å². The van der Waals surface area contributed by atoms with E-state index < -0.39 is 0 Å². The zero-order chi connectivity index (χ0) is 16.4. The molecule has 0 saturated carbocycles. The standard InChI is InChI=1S/C15H16N4O3S/c1-4-19-10(5-6-16-19)14(20)18-15-17-9-7-11(21-2)12(22-3)8-13(9)23-15/h5-8H,4H2,1-3H3,(H,17,18,20). The van der Waals surface area contributed by atoms with Crippen LogP contribution in [0.3, 0.4) is 0 Å². The van der Waals surface area contributed by atoms with E-state index in [1.165, 1.54) is 11.3 Å². The minimum Gasteiger partial charge on any atom is -0.493 e. The quantitative estimate of drug-likeness (QED) is 0.777. The Morgan fingerprint density at radius 3 is 2.74 bits per heavy atom. The van der Waals surface area contributed by atoms with Crippen molar-refractivity contribution >= 4 is 32.6 Å². The normalized spacial score (nSPS) is 10.7. The van der Waals surface area contributed by atoms with Crippen molar-refractivity contribution in [2.75, 3.05) is 19.5 Å². The van der Waals surface area contributed by atoms with Crippen LogP contribution in [0.1, 0.15) is 17.4 Å². The van der Waals surface area contributed by atoms with Crippen LogP contribution in [0.5, 0.6) is 11.5 Å².